The molecule has 0 N–H and O–H groups in total. The summed E-state index contributed by atoms with van der Waals surface area (Å²) in [5, 5.41) is 0. The number of sulfonamides is 1. The van der Waals surface area contributed by atoms with Gasteiger partial charge in [0.1, 0.15) is 11.4 Å². The van der Waals surface area contributed by atoms with Gasteiger partial charge in [0.15, 0.2) is 0 Å². The molecule has 0 unspecified atom stereocenters. The molecule has 0 amide bonds. The van der Waals surface area contributed by atoms with Crippen LogP contribution in [-0.4, -0.2) is 35.8 Å². The van der Waals surface area contributed by atoms with E-state index in [1.54, 1.807) is 31.4 Å². The van der Waals surface area contributed by atoms with Gasteiger partial charge in [0.25, 0.3) is 0 Å². The van der Waals surface area contributed by atoms with E-state index in [0.29, 0.717) is 25.3 Å². The fourth-order valence-corrected chi connectivity index (χ4v) is 4.44. The van der Waals surface area contributed by atoms with Crippen LogP contribution < -0.4 is 4.74 Å². The van der Waals surface area contributed by atoms with Crippen molar-refractivity contribution in [3.8, 4) is 5.75 Å². The van der Waals surface area contributed by atoms with Crippen LogP contribution in [0.5, 0.6) is 5.75 Å². The number of hydrogen-bond donors (Lipinski definition) is 0. The maximum Gasteiger partial charge on any atom is 0.243 e. The van der Waals surface area contributed by atoms with Gasteiger partial charge in [-0.3, -0.25) is 0 Å². The minimum absolute atomic E-state index is 0.278. The Morgan fingerprint density at radius 2 is 1.92 bits per heavy atom. The molecule has 0 bridgehead atoms. The van der Waals surface area contributed by atoms with Gasteiger partial charge in [-0.2, -0.15) is 4.31 Å². The highest BCUT2D eigenvalue weighted by atomic mass is 32.2. The van der Waals surface area contributed by atoms with Crippen LogP contribution >= 0.6 is 0 Å². The summed E-state index contributed by atoms with van der Waals surface area (Å²) in [6, 6.07) is 12.3. The van der Waals surface area contributed by atoms with Crippen molar-refractivity contribution < 1.29 is 13.2 Å². The highest BCUT2D eigenvalue weighted by Gasteiger charge is 2.30. The number of methoxy groups -OCH3 is 1. The molecule has 6 nitrogen and oxygen atoms in total. The molecule has 0 aliphatic carbocycles. The zero-order valence-corrected chi connectivity index (χ0v) is 14.0. The molecular weight excluding hydrogens is 326 g/mol. The minimum atomic E-state index is -3.54. The Morgan fingerprint density at radius 1 is 1.12 bits per heavy atom. The monoisotopic (exact) mass is 343 g/mol. The van der Waals surface area contributed by atoms with E-state index < -0.39 is 10.0 Å². The molecule has 0 spiro atoms. The van der Waals surface area contributed by atoms with E-state index in [-0.39, 0.29) is 4.90 Å². The number of imidazole rings is 1. The zero-order valence-electron chi connectivity index (χ0n) is 13.2. The van der Waals surface area contributed by atoms with Crippen LogP contribution in [-0.2, 0) is 23.0 Å². The first-order chi connectivity index (χ1) is 11.6. The lowest BCUT2D eigenvalue weighted by Crippen LogP contribution is -2.36. The van der Waals surface area contributed by atoms with Crippen LogP contribution in [0.2, 0.25) is 0 Å². The zero-order chi connectivity index (χ0) is 16.7. The molecule has 0 saturated heterocycles. The third kappa shape index (κ3) is 2.37. The topological polar surface area (TPSA) is 63.9 Å². The molecule has 0 saturated carbocycles. The maximum atomic E-state index is 12.9. The lowest BCUT2D eigenvalue weighted by molar-refractivity contribution is 0.383. The average molecular weight is 343 g/mol. The molecule has 1 aromatic carbocycles. The van der Waals surface area contributed by atoms with E-state index in [4.69, 9.17) is 4.74 Å². The normalized spacial score (nSPS) is 15.4. The predicted molar refractivity (Wildman–Crippen MR) is 89.5 cm³/mol. The summed E-state index contributed by atoms with van der Waals surface area (Å²) in [5.41, 5.74) is 2.77. The third-order valence-electron chi connectivity index (χ3n) is 4.33. The van der Waals surface area contributed by atoms with E-state index >= 15 is 0 Å². The Kier molecular flexibility index (Phi) is 3.54. The summed E-state index contributed by atoms with van der Waals surface area (Å²) in [7, 11) is -1.98. The van der Waals surface area contributed by atoms with Crippen LogP contribution in [0.15, 0.2) is 53.6 Å². The largest absolute Gasteiger partial charge is 0.497 e. The minimum Gasteiger partial charge on any atom is -0.497 e. The highest BCUT2D eigenvalue weighted by molar-refractivity contribution is 7.89. The Hall–Kier alpha value is -2.38. The smallest absolute Gasteiger partial charge is 0.243 e. The molecule has 1 aliphatic rings. The van der Waals surface area contributed by atoms with Crippen molar-refractivity contribution in [2.75, 3.05) is 13.7 Å². The molecule has 0 atom stereocenters. The number of benzene rings is 1. The average Bonchev–Trinajstić information content (AvgIpc) is 2.99. The van der Waals surface area contributed by atoms with Crippen molar-refractivity contribution in [2.24, 2.45) is 0 Å². The van der Waals surface area contributed by atoms with Crippen molar-refractivity contribution in [3.63, 3.8) is 0 Å². The van der Waals surface area contributed by atoms with Gasteiger partial charge >= 0.3 is 0 Å². The van der Waals surface area contributed by atoms with Crippen molar-refractivity contribution in [2.45, 2.75) is 17.9 Å². The summed E-state index contributed by atoms with van der Waals surface area (Å²) < 4.78 is 34.4. The summed E-state index contributed by atoms with van der Waals surface area (Å²) >= 11 is 0. The van der Waals surface area contributed by atoms with E-state index in [0.717, 1.165) is 17.0 Å². The maximum absolute atomic E-state index is 12.9. The van der Waals surface area contributed by atoms with Crippen molar-refractivity contribution in [1.82, 2.24) is 13.7 Å². The first-order valence-corrected chi connectivity index (χ1v) is 9.12. The van der Waals surface area contributed by atoms with Crippen LogP contribution in [0.25, 0.3) is 5.65 Å². The van der Waals surface area contributed by atoms with Crippen LogP contribution in [0.3, 0.4) is 0 Å². The molecule has 124 valence electrons. The summed E-state index contributed by atoms with van der Waals surface area (Å²) in [5.74, 6) is 0.636. The third-order valence-corrected chi connectivity index (χ3v) is 6.19. The molecule has 1 aliphatic heterocycles. The van der Waals surface area contributed by atoms with Gasteiger partial charge in [0.2, 0.25) is 10.0 Å². The van der Waals surface area contributed by atoms with Crippen LogP contribution in [0.4, 0.5) is 0 Å². The standard InChI is InChI=1S/C17H17N3O3S/c1-23-13-5-7-14(8-6-13)24(21,22)19-11-9-15-16(12-19)20-10-3-2-4-17(20)18-15/h2-8,10H,9,11-12H2,1H3. The molecule has 2 aromatic heterocycles. The van der Waals surface area contributed by atoms with Gasteiger partial charge in [-0.05, 0) is 36.4 Å². The first kappa shape index (κ1) is 15.2. The number of ether oxygens (including phenoxy) is 1. The molecular formula is C17H17N3O3S. The fraction of sp³-hybridized carbons (Fsp3) is 0.235. The second kappa shape index (κ2) is 5.61. The fourth-order valence-electron chi connectivity index (χ4n) is 3.04. The van der Waals surface area contributed by atoms with Crippen molar-refractivity contribution in [1.29, 1.82) is 0 Å². The Bertz CT molecular complexity index is 994. The lowest BCUT2D eigenvalue weighted by Gasteiger charge is -2.26. The Labute approximate surface area is 140 Å². The molecule has 3 aromatic rings. The van der Waals surface area contributed by atoms with Crippen LogP contribution in [0, 0.1) is 0 Å². The van der Waals surface area contributed by atoms with Gasteiger partial charge in [-0.25, -0.2) is 13.4 Å². The molecule has 4 rings (SSSR count). The van der Waals surface area contributed by atoms with Gasteiger partial charge in [-0.1, -0.05) is 6.07 Å². The predicted octanol–water partition coefficient (Wildman–Crippen LogP) is 2.09. The van der Waals surface area contributed by atoms with E-state index in [1.165, 1.54) is 4.31 Å². The number of rotatable bonds is 3. The Balaban J connectivity index is 1.70. The van der Waals surface area contributed by atoms with E-state index in [2.05, 4.69) is 4.98 Å². The number of pyridine rings is 1. The number of aromatic nitrogens is 2. The second-order valence-corrected chi connectivity index (χ2v) is 7.64. The number of nitrogens with zero attached hydrogens (tertiary/aromatic N) is 3. The molecule has 0 radical (unpaired) electrons. The van der Waals surface area contributed by atoms with Gasteiger partial charge in [-0.15, -0.1) is 0 Å². The second-order valence-electron chi connectivity index (χ2n) is 5.70. The van der Waals surface area contributed by atoms with Gasteiger partial charge in [0.05, 0.1) is 29.9 Å². The van der Waals surface area contributed by atoms with Gasteiger partial charge in [0, 0.05) is 19.2 Å². The van der Waals surface area contributed by atoms with Gasteiger partial charge < -0.3 is 9.14 Å². The first-order valence-electron chi connectivity index (χ1n) is 7.68. The molecule has 0 fully saturated rings. The Morgan fingerprint density at radius 3 is 2.67 bits per heavy atom. The summed E-state index contributed by atoms with van der Waals surface area (Å²) in [6.07, 6.45) is 2.54. The van der Waals surface area contributed by atoms with Crippen molar-refractivity contribution in [3.05, 3.63) is 60.0 Å². The highest BCUT2D eigenvalue weighted by Crippen LogP contribution is 2.26. The van der Waals surface area contributed by atoms with E-state index in [9.17, 15) is 8.42 Å². The quantitative estimate of drug-likeness (QED) is 0.730. The van der Waals surface area contributed by atoms with E-state index in [1.807, 2.05) is 28.8 Å². The van der Waals surface area contributed by atoms with Crippen molar-refractivity contribution >= 4 is 15.7 Å². The molecule has 24 heavy (non-hydrogen) atoms. The molecule has 3 heterocycles. The number of fused-ring (bicyclic) bond motifs is 3. The summed E-state index contributed by atoms with van der Waals surface area (Å²) in [4.78, 5) is 4.87. The number of hydrogen-bond acceptors (Lipinski definition) is 4. The SMILES string of the molecule is COc1ccc(S(=O)(=O)N2CCc3nc4ccccn4c3C2)cc1. The van der Waals surface area contributed by atoms with Crippen LogP contribution in [0.1, 0.15) is 11.4 Å². The molecule has 7 heteroatoms. The lowest BCUT2D eigenvalue weighted by atomic mass is 10.2. The summed E-state index contributed by atoms with van der Waals surface area (Å²) in [6.45, 7) is 0.764.